The van der Waals surface area contributed by atoms with Crippen LogP contribution in [-0.2, 0) is 0 Å². The van der Waals surface area contributed by atoms with Gasteiger partial charge in [-0.25, -0.2) is 0 Å². The molecule has 0 spiro atoms. The monoisotopic (exact) mass is 191 g/mol. The van der Waals surface area contributed by atoms with Gasteiger partial charge in [0, 0.05) is 4.70 Å². The summed E-state index contributed by atoms with van der Waals surface area (Å²) in [5.41, 5.74) is 0.151. The van der Waals surface area contributed by atoms with Crippen LogP contribution in [0.3, 0.4) is 0 Å². The Balaban J connectivity index is 2.99. The third kappa shape index (κ3) is 1.02. The number of nitrogens with zero attached hydrogens (tertiary/aromatic N) is 1. The summed E-state index contributed by atoms with van der Waals surface area (Å²) in [6, 6.07) is 6.78. The molecule has 0 saturated carbocycles. The average Bonchev–Trinajstić information content (AvgIpc) is 2.42. The van der Waals surface area contributed by atoms with E-state index in [1.54, 1.807) is 12.1 Å². The number of hydrogen-bond acceptors (Lipinski definition) is 4. The van der Waals surface area contributed by atoms with Gasteiger partial charge in [0.1, 0.15) is 17.4 Å². The number of fused-ring (bicyclic) bond motifs is 1. The molecule has 0 saturated heterocycles. The van der Waals surface area contributed by atoms with Gasteiger partial charge < -0.3 is 10.2 Å². The Morgan fingerprint density at radius 2 is 2.08 bits per heavy atom. The smallest absolute Gasteiger partial charge is 0.190 e. The van der Waals surface area contributed by atoms with E-state index in [0.717, 1.165) is 11.3 Å². The number of aromatic hydroxyl groups is 2. The number of thiophene rings is 1. The van der Waals surface area contributed by atoms with Crippen LogP contribution in [0.25, 0.3) is 10.1 Å². The number of nitriles is 1. The molecule has 0 unspecified atom stereocenters. The number of benzene rings is 1. The zero-order valence-electron chi connectivity index (χ0n) is 6.48. The van der Waals surface area contributed by atoms with E-state index < -0.39 is 0 Å². The fourth-order valence-electron chi connectivity index (χ4n) is 1.22. The zero-order valence-corrected chi connectivity index (χ0v) is 7.30. The van der Waals surface area contributed by atoms with Gasteiger partial charge in [0.2, 0.25) is 0 Å². The minimum Gasteiger partial charge on any atom is -0.507 e. The molecule has 0 atom stereocenters. The normalized spacial score (nSPS) is 10.1. The van der Waals surface area contributed by atoms with Crippen molar-refractivity contribution in [3.63, 3.8) is 0 Å². The zero-order chi connectivity index (χ0) is 9.42. The summed E-state index contributed by atoms with van der Waals surface area (Å²) in [4.78, 5) is 0. The highest BCUT2D eigenvalue weighted by Crippen LogP contribution is 2.40. The van der Waals surface area contributed by atoms with Crippen LogP contribution < -0.4 is 0 Å². The third-order valence-electron chi connectivity index (χ3n) is 1.79. The molecular weight excluding hydrogens is 186 g/mol. The number of hydrogen-bond donors (Lipinski definition) is 2. The lowest BCUT2D eigenvalue weighted by Crippen LogP contribution is -1.71. The van der Waals surface area contributed by atoms with E-state index >= 15 is 0 Å². The molecule has 1 aromatic heterocycles. The second kappa shape index (κ2) is 2.64. The van der Waals surface area contributed by atoms with Gasteiger partial charge in [-0.15, -0.1) is 0 Å². The van der Waals surface area contributed by atoms with Crippen LogP contribution >= 0.6 is 11.3 Å². The minimum absolute atomic E-state index is 0.0330. The average molecular weight is 191 g/mol. The van der Waals surface area contributed by atoms with Crippen LogP contribution in [0.15, 0.2) is 18.2 Å². The van der Waals surface area contributed by atoms with E-state index in [9.17, 15) is 10.2 Å². The molecule has 4 heteroatoms. The van der Waals surface area contributed by atoms with E-state index in [1.807, 2.05) is 6.07 Å². The molecule has 0 aliphatic heterocycles. The summed E-state index contributed by atoms with van der Waals surface area (Å²) in [6.45, 7) is 0. The van der Waals surface area contributed by atoms with Crippen LogP contribution in [0.4, 0.5) is 0 Å². The largest absolute Gasteiger partial charge is 0.507 e. The lowest BCUT2D eigenvalue weighted by Gasteiger charge is -1.92. The fourth-order valence-corrected chi connectivity index (χ4v) is 2.14. The molecule has 64 valence electrons. The predicted octanol–water partition coefficient (Wildman–Crippen LogP) is 2.18. The van der Waals surface area contributed by atoms with Gasteiger partial charge in [0.05, 0.1) is 5.39 Å². The number of phenolic OH excluding ortho intramolecular Hbond substituents is 1. The van der Waals surface area contributed by atoms with Crippen molar-refractivity contribution in [2.75, 3.05) is 0 Å². The predicted molar refractivity (Wildman–Crippen MR) is 49.9 cm³/mol. The van der Waals surface area contributed by atoms with Crippen molar-refractivity contribution in [1.29, 1.82) is 5.26 Å². The molecule has 1 aromatic carbocycles. The quantitative estimate of drug-likeness (QED) is 0.670. The molecule has 1 heterocycles. The number of rotatable bonds is 0. The van der Waals surface area contributed by atoms with Crippen LogP contribution in [0, 0.1) is 11.3 Å². The molecule has 0 radical (unpaired) electrons. The van der Waals surface area contributed by atoms with Gasteiger partial charge in [-0.05, 0) is 12.1 Å². The second-order valence-corrected chi connectivity index (χ2v) is 3.57. The maximum Gasteiger partial charge on any atom is 0.190 e. The molecule has 3 nitrogen and oxygen atoms in total. The Labute approximate surface area is 78.1 Å². The molecule has 13 heavy (non-hydrogen) atoms. The molecular formula is C9H5NO2S. The van der Waals surface area contributed by atoms with Crippen LogP contribution in [0.2, 0.25) is 0 Å². The molecule has 0 aliphatic rings. The summed E-state index contributed by atoms with van der Waals surface area (Å²) < 4.78 is 0.717. The van der Waals surface area contributed by atoms with E-state index in [4.69, 9.17) is 5.26 Å². The van der Waals surface area contributed by atoms with Gasteiger partial charge in [-0.3, -0.25) is 0 Å². The van der Waals surface area contributed by atoms with Gasteiger partial charge in [-0.1, -0.05) is 17.4 Å². The Morgan fingerprint density at radius 3 is 2.77 bits per heavy atom. The van der Waals surface area contributed by atoms with E-state index in [2.05, 4.69) is 0 Å². The first-order chi connectivity index (χ1) is 6.24. The lowest BCUT2D eigenvalue weighted by molar-refractivity contribution is 0.479. The highest BCUT2D eigenvalue weighted by molar-refractivity contribution is 7.21. The Kier molecular flexibility index (Phi) is 1.61. The Hall–Kier alpha value is -1.73. The maximum absolute atomic E-state index is 9.44. The van der Waals surface area contributed by atoms with Crippen molar-refractivity contribution in [3.8, 4) is 16.9 Å². The molecule has 2 N–H and O–H groups in total. The Bertz CT molecular complexity index is 510. The molecule has 0 bridgehead atoms. The fraction of sp³-hybridized carbons (Fsp3) is 0. The molecule has 2 aromatic rings. The second-order valence-electron chi connectivity index (χ2n) is 2.54. The van der Waals surface area contributed by atoms with E-state index in [0.29, 0.717) is 10.1 Å². The maximum atomic E-state index is 9.44. The van der Waals surface area contributed by atoms with Crippen molar-refractivity contribution < 1.29 is 10.2 Å². The summed E-state index contributed by atoms with van der Waals surface area (Å²) >= 11 is 1.09. The van der Waals surface area contributed by atoms with Crippen molar-refractivity contribution in [1.82, 2.24) is 0 Å². The van der Waals surface area contributed by atoms with Gasteiger partial charge >= 0.3 is 0 Å². The van der Waals surface area contributed by atoms with E-state index in [1.165, 1.54) is 6.07 Å². The Morgan fingerprint density at radius 1 is 1.31 bits per heavy atom. The van der Waals surface area contributed by atoms with Crippen molar-refractivity contribution >= 4 is 21.4 Å². The third-order valence-corrected chi connectivity index (χ3v) is 2.74. The highest BCUT2D eigenvalue weighted by Gasteiger charge is 2.13. The molecule has 2 rings (SSSR count). The topological polar surface area (TPSA) is 64.2 Å². The summed E-state index contributed by atoms with van der Waals surface area (Å²) in [5, 5.41) is 27.9. The summed E-state index contributed by atoms with van der Waals surface area (Å²) in [6.07, 6.45) is 0. The summed E-state index contributed by atoms with van der Waals surface area (Å²) in [5.74, 6) is 0.0330. The van der Waals surface area contributed by atoms with Crippen molar-refractivity contribution in [2.24, 2.45) is 0 Å². The first-order valence-electron chi connectivity index (χ1n) is 3.57. The first-order valence-corrected chi connectivity index (χ1v) is 4.39. The van der Waals surface area contributed by atoms with Gasteiger partial charge in [-0.2, -0.15) is 5.26 Å². The highest BCUT2D eigenvalue weighted by atomic mass is 32.1. The van der Waals surface area contributed by atoms with Crippen LogP contribution in [-0.4, -0.2) is 10.2 Å². The lowest BCUT2D eigenvalue weighted by atomic mass is 10.2. The minimum atomic E-state index is -0.0426. The summed E-state index contributed by atoms with van der Waals surface area (Å²) in [7, 11) is 0. The van der Waals surface area contributed by atoms with Crippen LogP contribution in [0.1, 0.15) is 5.56 Å². The molecule has 0 amide bonds. The van der Waals surface area contributed by atoms with Crippen molar-refractivity contribution in [3.05, 3.63) is 23.8 Å². The van der Waals surface area contributed by atoms with Crippen LogP contribution in [0.5, 0.6) is 10.8 Å². The standard InChI is InChI=1S/C9H5NO2S/c10-4-5-8-6(11)2-1-3-7(8)13-9(5)12/h1-3,11-12H. The first kappa shape index (κ1) is 7.90. The SMILES string of the molecule is N#Cc1c(O)sc2cccc(O)c12. The van der Waals surface area contributed by atoms with Gasteiger partial charge in [0.25, 0.3) is 0 Å². The van der Waals surface area contributed by atoms with E-state index in [-0.39, 0.29) is 16.4 Å². The van der Waals surface area contributed by atoms with Gasteiger partial charge in [0.15, 0.2) is 5.06 Å². The molecule has 0 fully saturated rings. The van der Waals surface area contributed by atoms with Crippen molar-refractivity contribution in [2.45, 2.75) is 0 Å². The number of phenols is 1. The molecule has 0 aliphatic carbocycles.